The first-order chi connectivity index (χ1) is 34.1. The van der Waals surface area contributed by atoms with E-state index in [1.165, 1.54) is 37.8 Å². The number of ether oxygens (including phenoxy) is 1. The molecule has 4 rings (SSSR count). The van der Waals surface area contributed by atoms with Crippen LogP contribution in [0.1, 0.15) is 156 Å². The van der Waals surface area contributed by atoms with Crippen molar-refractivity contribution in [1.29, 1.82) is 0 Å². The molecule has 1 heterocycles. The van der Waals surface area contributed by atoms with Crippen LogP contribution in [0.5, 0.6) is 5.75 Å². The Morgan fingerprint density at radius 1 is 0.919 bits per heavy atom. The molecule has 1 fully saturated rings. The van der Waals surface area contributed by atoms with E-state index in [1.807, 2.05) is 46.8 Å². The molecule has 0 spiro atoms. The van der Waals surface area contributed by atoms with Gasteiger partial charge in [0.05, 0.1) is 35.9 Å². The zero-order valence-electron chi connectivity index (χ0n) is 46.5. The van der Waals surface area contributed by atoms with Gasteiger partial charge in [0.15, 0.2) is 14.2 Å². The van der Waals surface area contributed by atoms with Gasteiger partial charge < -0.3 is 30.1 Å². The van der Waals surface area contributed by atoms with Gasteiger partial charge in [-0.2, -0.15) is 0 Å². The second kappa shape index (κ2) is 35.0. The third kappa shape index (κ3) is 26.1. The summed E-state index contributed by atoms with van der Waals surface area (Å²) in [5.41, 5.74) is 9.18. The van der Waals surface area contributed by atoms with Gasteiger partial charge in [-0.05, 0) is 134 Å². The fraction of sp³-hybridized carbons (Fsp3) is 0.688. The standard InChI is InChI=1S/C22H39N3O3SSi.C11H11NO3.C9H21O6P3.C6H15N.3HI.V/c1-21(2,3)29(27)25(14-15-28-30(7,8)22(4,5)6)19-13-12-16-17(19)10-9-11-18(16)20(23)24-26;1-7(2)15-10-5-4-8(11(13)14)6-9(10)12-3;1-4-7-16(10)13-17(11,8-5-2)15-18(12,14-16)9-6-3;1-4-7(5-2)6-3;;;;/h9-11,19,26H,12-15H2,1-8H3,(H2,23,24);4-7H,1-2H3,(H,13,14);4-9H2,1-3H3;4-6H2,1-3H3;3*1H;/q;;;;;;;+3/p-3/t19-,29?;;;;;;;/m0......./s1. The molecule has 0 saturated carbocycles. The normalized spacial score (nSPS) is 21.2. The number of carboxylic acids is 1. The molecule has 2 aromatic carbocycles. The van der Waals surface area contributed by atoms with E-state index in [0.29, 0.717) is 38.2 Å². The summed E-state index contributed by atoms with van der Waals surface area (Å²) in [6, 6.07) is 10.1. The Morgan fingerprint density at radius 3 is 1.74 bits per heavy atom. The molecule has 0 amide bonds. The zero-order valence-corrected chi connectivity index (χ0v) is 58.9. The van der Waals surface area contributed by atoms with Crippen LogP contribution in [0.15, 0.2) is 41.6 Å². The van der Waals surface area contributed by atoms with Gasteiger partial charge in [-0.3, -0.25) is 13.7 Å². The maximum absolute atomic E-state index is 13.5. The first-order valence-electron chi connectivity index (χ1n) is 24.9. The number of nitrogens with zero attached hydrogens (tertiary/aromatic N) is 4. The van der Waals surface area contributed by atoms with Crippen molar-refractivity contribution in [2.45, 2.75) is 164 Å². The summed E-state index contributed by atoms with van der Waals surface area (Å²) in [5.74, 6) is -0.502. The van der Waals surface area contributed by atoms with Crippen molar-refractivity contribution in [3.63, 3.8) is 0 Å². The molecule has 1 aliphatic carbocycles. The van der Waals surface area contributed by atoms with Crippen LogP contribution < -0.4 is 10.5 Å². The molecule has 2 atom stereocenters. The topological polar surface area (TPSA) is 221 Å². The minimum absolute atomic E-state index is 0.0227. The minimum atomic E-state index is -3.57. The fourth-order valence-electron chi connectivity index (χ4n) is 6.98. The summed E-state index contributed by atoms with van der Waals surface area (Å²) >= 11 is 7.39. The van der Waals surface area contributed by atoms with Crippen molar-refractivity contribution < 1.29 is 60.0 Å². The fourth-order valence-corrected chi connectivity index (χ4v) is 18.7. The van der Waals surface area contributed by atoms with Crippen LogP contribution in [0.25, 0.3) is 4.85 Å². The van der Waals surface area contributed by atoms with Gasteiger partial charge in [0.1, 0.15) is 16.7 Å². The number of carboxylic acid groups (broad SMARTS) is 1. The molecule has 2 aromatic rings. The first-order valence-corrected chi connectivity index (χ1v) is 47.6. The first kappa shape index (κ1) is 74.1. The van der Waals surface area contributed by atoms with E-state index in [2.05, 4.69) is 140 Å². The zero-order chi connectivity index (χ0) is 57.5. The van der Waals surface area contributed by atoms with Gasteiger partial charge in [-0.25, -0.2) is 31.1 Å². The third-order valence-electron chi connectivity index (χ3n) is 11.6. The molecule has 0 aromatic heterocycles. The number of benzene rings is 2. The summed E-state index contributed by atoms with van der Waals surface area (Å²) in [4.78, 5) is 16.0. The van der Waals surface area contributed by atoms with E-state index in [0.717, 1.165) is 29.5 Å². The Hall–Kier alpha value is 0.0613. The number of aromatic carboxylic acids is 1. The van der Waals surface area contributed by atoms with E-state index in [4.69, 9.17) is 44.7 Å². The number of amidine groups is 1. The number of rotatable bonds is 19. The number of hydrogen-bond acceptors (Lipinski definition) is 13. The van der Waals surface area contributed by atoms with E-state index < -0.39 is 48.1 Å². The average Bonchev–Trinajstić information content (AvgIpc) is 3.71. The van der Waals surface area contributed by atoms with Gasteiger partial charge in [0.2, 0.25) is 5.69 Å². The number of carbonyl (C=O) groups is 1. The molecule has 1 aliphatic heterocycles. The second-order valence-electron chi connectivity index (χ2n) is 19.8. The number of halogens is 3. The Bertz CT molecular complexity index is 2210. The summed E-state index contributed by atoms with van der Waals surface area (Å²) in [5, 5.41) is 21.2. The van der Waals surface area contributed by atoms with Gasteiger partial charge in [0, 0.05) is 30.3 Å². The predicted molar refractivity (Wildman–Crippen MR) is 330 cm³/mol. The molecular formula is C48H86I3N5O12P3SSiV. The van der Waals surface area contributed by atoms with Crippen molar-refractivity contribution in [3.8, 4) is 5.75 Å². The molecule has 0 bridgehead atoms. The van der Waals surface area contributed by atoms with E-state index in [9.17, 15) is 22.7 Å². The third-order valence-corrected chi connectivity index (χ3v) is 27.0. The van der Waals surface area contributed by atoms with Gasteiger partial charge in [0.25, 0.3) is 0 Å². The van der Waals surface area contributed by atoms with Crippen molar-refractivity contribution in [1.82, 2.24) is 9.21 Å². The maximum atomic E-state index is 13.5. The van der Waals surface area contributed by atoms with Crippen LogP contribution in [0.4, 0.5) is 5.69 Å². The number of nitrogens with two attached hydrogens (primary N) is 1. The summed E-state index contributed by atoms with van der Waals surface area (Å²) in [6.07, 6.45) is 3.56. The SMILES string of the molecule is CC(C)(C)S(=O)N(CCO[Si](C)(C)C(C)(C)C)[C@H]1CCc2c(C(N)=NO)cccc21.CCCP1(=O)OP(=O)(CCC)OP(=O)(CCC)O1.CCN(CC)CC.[C-]#[N+]c1cc(C(=O)O)ccc1OC(C)C.[I][V]([I])[I]. The van der Waals surface area contributed by atoms with Gasteiger partial charge in [-0.15, -0.1) is 0 Å². The summed E-state index contributed by atoms with van der Waals surface area (Å²) in [6.45, 7) is 44.5. The summed E-state index contributed by atoms with van der Waals surface area (Å²) < 4.78 is 79.3. The molecule has 17 nitrogen and oxygen atoms in total. The molecule has 1 unspecified atom stereocenters. The number of hydrogen-bond donors (Lipinski definition) is 3. The average molecular weight is 1510 g/mol. The molecule has 74 heavy (non-hydrogen) atoms. The summed E-state index contributed by atoms with van der Waals surface area (Å²) in [7, 11) is -13.8. The Morgan fingerprint density at radius 2 is 1.39 bits per heavy atom. The van der Waals surface area contributed by atoms with E-state index >= 15 is 0 Å². The molecular weight excluding hydrogens is 1420 g/mol. The Labute approximate surface area is 485 Å². The van der Waals surface area contributed by atoms with Crippen molar-refractivity contribution in [3.05, 3.63) is 70.1 Å². The van der Waals surface area contributed by atoms with Crippen LogP contribution in [0.2, 0.25) is 18.1 Å². The van der Waals surface area contributed by atoms with E-state index in [1.54, 1.807) is 20.8 Å². The molecule has 4 N–H and O–H groups in total. The molecule has 1 saturated heterocycles. The van der Waals surface area contributed by atoms with Gasteiger partial charge >= 0.3 is 93.6 Å². The van der Waals surface area contributed by atoms with Crippen LogP contribution in [0, 0.1) is 6.57 Å². The number of fused-ring (bicyclic) bond motifs is 1. The van der Waals surface area contributed by atoms with Crippen LogP contribution >= 0.6 is 82.7 Å². The van der Waals surface area contributed by atoms with Crippen molar-refractivity contribution >= 4 is 120 Å². The van der Waals surface area contributed by atoms with E-state index in [-0.39, 0.29) is 62.4 Å². The molecule has 2 aliphatic rings. The monoisotopic (exact) mass is 1510 g/mol. The number of oxime groups is 1. The van der Waals surface area contributed by atoms with Gasteiger partial charge in [-0.1, -0.05) is 85.7 Å². The van der Waals surface area contributed by atoms with Crippen molar-refractivity contribution in [2.75, 3.05) is 51.3 Å². The quantitative estimate of drug-likeness (QED) is 0.0174. The van der Waals surface area contributed by atoms with Crippen LogP contribution in [-0.2, 0) is 53.4 Å². The Balaban J connectivity index is 0.00000103. The molecule has 426 valence electrons. The Kier molecular flexibility index (Phi) is 35.1. The van der Waals surface area contributed by atoms with Crippen LogP contribution in [-0.4, -0.2) is 106 Å². The van der Waals surface area contributed by atoms with Crippen molar-refractivity contribution in [2.24, 2.45) is 10.9 Å². The molecule has 26 heteroatoms. The second-order valence-corrected chi connectivity index (χ2v) is 69.2. The molecule has 0 radical (unpaired) electrons. The predicted octanol–water partition coefficient (Wildman–Crippen LogP) is 16.1. The van der Waals surface area contributed by atoms with Crippen LogP contribution in [0.3, 0.4) is 0 Å².